The monoisotopic (exact) mass is 266 g/mol. The molecule has 4 nitrogen and oxygen atoms in total. The van der Waals surface area contributed by atoms with Crippen molar-refractivity contribution in [2.45, 2.75) is 11.8 Å². The van der Waals surface area contributed by atoms with Gasteiger partial charge in [-0.25, -0.2) is 0 Å². The smallest absolute Gasteiger partial charge is 0.162 e. The van der Waals surface area contributed by atoms with Gasteiger partial charge in [0.05, 0.1) is 0 Å². The molecular formula is C16H14N2O2. The highest BCUT2D eigenvalue weighted by atomic mass is 16.2. The molecule has 1 aliphatic rings. The number of Topliss-reactive ketones (excluding diaryl/α,β-unsaturated/α-hetero) is 2. The zero-order valence-electron chi connectivity index (χ0n) is 10.7. The minimum absolute atomic E-state index is 0.0652. The molecule has 0 aliphatic heterocycles. The average Bonchev–Trinajstić information content (AvgIpc) is 2.44. The van der Waals surface area contributed by atoms with E-state index in [4.69, 9.17) is 11.5 Å². The third-order valence-corrected chi connectivity index (χ3v) is 3.68. The molecule has 0 atom stereocenters. The molecule has 0 spiro atoms. The highest BCUT2D eigenvalue weighted by Gasteiger charge is 2.50. The Morgan fingerprint density at radius 2 is 0.900 bits per heavy atom. The molecule has 4 N–H and O–H groups in total. The van der Waals surface area contributed by atoms with E-state index in [0.717, 1.165) is 0 Å². The largest absolute Gasteiger partial charge is 0.399 e. The molecule has 1 saturated carbocycles. The van der Waals surface area contributed by atoms with E-state index in [2.05, 4.69) is 0 Å². The maximum atomic E-state index is 12.3. The number of carbonyl (C=O) groups is 2. The molecule has 20 heavy (non-hydrogen) atoms. The van der Waals surface area contributed by atoms with Crippen molar-refractivity contribution in [1.29, 1.82) is 0 Å². The molecule has 0 radical (unpaired) electrons. The van der Waals surface area contributed by atoms with E-state index in [-0.39, 0.29) is 11.6 Å². The topological polar surface area (TPSA) is 86.2 Å². The Labute approximate surface area is 116 Å². The first-order chi connectivity index (χ1) is 9.58. The van der Waals surface area contributed by atoms with Gasteiger partial charge in [-0.15, -0.1) is 0 Å². The first-order valence-electron chi connectivity index (χ1n) is 6.36. The van der Waals surface area contributed by atoms with Gasteiger partial charge < -0.3 is 11.5 Å². The lowest BCUT2D eigenvalue weighted by molar-refractivity contribution is -0.142. The SMILES string of the molecule is Nc1ccc(C2C(=O)C(c3ccc(N)cc3)C2=O)cc1. The standard InChI is InChI=1S/C16H14N2O2/c17-11-5-1-9(2-6-11)13-15(19)14(16(13)20)10-3-7-12(18)8-4-10/h1-8,13-14H,17-18H2. The fourth-order valence-corrected chi connectivity index (χ4v) is 2.55. The van der Waals surface area contributed by atoms with Crippen LogP contribution in [-0.4, -0.2) is 11.6 Å². The van der Waals surface area contributed by atoms with Gasteiger partial charge in [0.15, 0.2) is 11.6 Å². The summed E-state index contributed by atoms with van der Waals surface area (Å²) in [7, 11) is 0. The number of hydrogen-bond acceptors (Lipinski definition) is 4. The van der Waals surface area contributed by atoms with Gasteiger partial charge in [0.1, 0.15) is 11.8 Å². The summed E-state index contributed by atoms with van der Waals surface area (Å²) in [6.45, 7) is 0. The van der Waals surface area contributed by atoms with Crippen molar-refractivity contribution in [1.82, 2.24) is 0 Å². The van der Waals surface area contributed by atoms with Crippen LogP contribution in [0, 0.1) is 0 Å². The Morgan fingerprint density at radius 3 is 1.20 bits per heavy atom. The highest BCUT2D eigenvalue weighted by molar-refractivity contribution is 6.31. The summed E-state index contributed by atoms with van der Waals surface area (Å²) in [5.41, 5.74) is 13.9. The quantitative estimate of drug-likeness (QED) is 0.641. The molecule has 0 heterocycles. The second-order valence-electron chi connectivity index (χ2n) is 5.00. The van der Waals surface area contributed by atoms with Crippen LogP contribution in [0.5, 0.6) is 0 Å². The van der Waals surface area contributed by atoms with Gasteiger partial charge in [0.2, 0.25) is 0 Å². The van der Waals surface area contributed by atoms with Gasteiger partial charge in [-0.2, -0.15) is 0 Å². The van der Waals surface area contributed by atoms with Crippen LogP contribution in [0.3, 0.4) is 0 Å². The number of carbonyl (C=O) groups excluding carboxylic acids is 2. The molecular weight excluding hydrogens is 252 g/mol. The van der Waals surface area contributed by atoms with Gasteiger partial charge >= 0.3 is 0 Å². The summed E-state index contributed by atoms with van der Waals surface area (Å²) >= 11 is 0. The van der Waals surface area contributed by atoms with Crippen molar-refractivity contribution in [2.24, 2.45) is 0 Å². The zero-order chi connectivity index (χ0) is 14.3. The lowest BCUT2D eigenvalue weighted by Crippen LogP contribution is -2.44. The number of nitrogen functional groups attached to an aromatic ring is 2. The second kappa shape index (κ2) is 4.49. The third kappa shape index (κ3) is 1.86. The van der Waals surface area contributed by atoms with E-state index < -0.39 is 11.8 Å². The minimum atomic E-state index is -0.654. The zero-order valence-corrected chi connectivity index (χ0v) is 10.7. The lowest BCUT2D eigenvalue weighted by Gasteiger charge is -2.32. The number of rotatable bonds is 2. The van der Waals surface area contributed by atoms with Crippen molar-refractivity contribution in [3.63, 3.8) is 0 Å². The summed E-state index contributed by atoms with van der Waals surface area (Å²) in [5.74, 6) is -1.44. The van der Waals surface area contributed by atoms with E-state index in [1.807, 2.05) is 0 Å². The Bertz CT molecular complexity index is 601. The van der Waals surface area contributed by atoms with Crippen molar-refractivity contribution in [3.8, 4) is 0 Å². The highest BCUT2D eigenvalue weighted by Crippen LogP contribution is 2.41. The Balaban J connectivity index is 1.86. The molecule has 1 aliphatic carbocycles. The predicted octanol–water partition coefficient (Wildman–Crippen LogP) is 1.87. The molecule has 0 aromatic heterocycles. The molecule has 2 aromatic rings. The van der Waals surface area contributed by atoms with E-state index in [1.54, 1.807) is 48.5 Å². The first-order valence-corrected chi connectivity index (χ1v) is 6.36. The molecule has 0 unspecified atom stereocenters. The number of anilines is 2. The summed E-state index contributed by atoms with van der Waals surface area (Å²) < 4.78 is 0. The van der Waals surface area contributed by atoms with Crippen LogP contribution in [0.2, 0.25) is 0 Å². The van der Waals surface area contributed by atoms with Crippen LogP contribution >= 0.6 is 0 Å². The van der Waals surface area contributed by atoms with Crippen LogP contribution in [0.15, 0.2) is 48.5 Å². The summed E-state index contributed by atoms with van der Waals surface area (Å²) in [4.78, 5) is 24.5. The molecule has 1 fully saturated rings. The first kappa shape index (κ1) is 12.4. The van der Waals surface area contributed by atoms with Crippen molar-refractivity contribution in [2.75, 3.05) is 11.5 Å². The number of nitrogens with two attached hydrogens (primary N) is 2. The summed E-state index contributed by atoms with van der Waals surface area (Å²) in [6, 6.07) is 13.7. The average molecular weight is 266 g/mol. The maximum Gasteiger partial charge on any atom is 0.162 e. The van der Waals surface area contributed by atoms with Crippen molar-refractivity contribution < 1.29 is 9.59 Å². The van der Waals surface area contributed by atoms with Crippen molar-refractivity contribution >= 4 is 22.9 Å². The Kier molecular flexibility index (Phi) is 2.79. The third-order valence-electron chi connectivity index (χ3n) is 3.68. The minimum Gasteiger partial charge on any atom is -0.399 e. The Hall–Kier alpha value is -2.62. The Morgan fingerprint density at radius 1 is 0.600 bits per heavy atom. The molecule has 0 amide bonds. The van der Waals surface area contributed by atoms with Crippen LogP contribution in [0.4, 0.5) is 11.4 Å². The number of ketones is 2. The fraction of sp³-hybridized carbons (Fsp3) is 0.125. The molecule has 0 bridgehead atoms. The van der Waals surface area contributed by atoms with Gasteiger partial charge in [-0.3, -0.25) is 9.59 Å². The maximum absolute atomic E-state index is 12.3. The van der Waals surface area contributed by atoms with E-state index >= 15 is 0 Å². The normalized spacial score (nSPS) is 21.6. The predicted molar refractivity (Wildman–Crippen MR) is 77.2 cm³/mol. The summed E-state index contributed by atoms with van der Waals surface area (Å²) in [5, 5.41) is 0. The van der Waals surface area contributed by atoms with Gasteiger partial charge in [-0.05, 0) is 35.4 Å². The lowest BCUT2D eigenvalue weighted by atomic mass is 9.66. The second-order valence-corrected chi connectivity index (χ2v) is 5.00. The molecule has 4 heteroatoms. The van der Waals surface area contributed by atoms with E-state index in [9.17, 15) is 9.59 Å². The molecule has 100 valence electrons. The van der Waals surface area contributed by atoms with Crippen molar-refractivity contribution in [3.05, 3.63) is 59.7 Å². The van der Waals surface area contributed by atoms with Gasteiger partial charge in [-0.1, -0.05) is 24.3 Å². The van der Waals surface area contributed by atoms with Gasteiger partial charge in [0.25, 0.3) is 0 Å². The van der Waals surface area contributed by atoms with Crippen LogP contribution in [-0.2, 0) is 9.59 Å². The van der Waals surface area contributed by atoms with Crippen LogP contribution in [0.25, 0.3) is 0 Å². The van der Waals surface area contributed by atoms with Crippen LogP contribution < -0.4 is 11.5 Å². The molecule has 2 aromatic carbocycles. The van der Waals surface area contributed by atoms with Crippen LogP contribution in [0.1, 0.15) is 23.0 Å². The summed E-state index contributed by atoms with van der Waals surface area (Å²) in [6.07, 6.45) is 0. The number of hydrogen-bond donors (Lipinski definition) is 2. The van der Waals surface area contributed by atoms with E-state index in [1.165, 1.54) is 0 Å². The molecule has 3 rings (SSSR count). The molecule has 0 saturated heterocycles. The fourth-order valence-electron chi connectivity index (χ4n) is 2.55. The number of benzene rings is 2. The van der Waals surface area contributed by atoms with Gasteiger partial charge in [0, 0.05) is 11.4 Å². The van der Waals surface area contributed by atoms with E-state index in [0.29, 0.717) is 22.5 Å².